The molecule has 1 aromatic carbocycles. The molecule has 4 heteroatoms. The molecule has 0 aliphatic carbocycles. The second-order valence-electron chi connectivity index (χ2n) is 4.74. The third kappa shape index (κ3) is 3.81. The van der Waals surface area contributed by atoms with Gasteiger partial charge in [0, 0.05) is 34.7 Å². The van der Waals surface area contributed by atoms with Crippen LogP contribution in [0.3, 0.4) is 0 Å². The summed E-state index contributed by atoms with van der Waals surface area (Å²) in [5, 5.41) is 2.13. The van der Waals surface area contributed by atoms with Crippen molar-refractivity contribution in [2.45, 2.75) is 19.4 Å². The summed E-state index contributed by atoms with van der Waals surface area (Å²) in [5.41, 5.74) is 8.45. The first-order valence-electron chi connectivity index (χ1n) is 6.36. The van der Waals surface area contributed by atoms with E-state index in [1.165, 1.54) is 16.1 Å². The molecule has 0 fully saturated rings. The minimum Gasteiger partial charge on any atom is -0.374 e. The Morgan fingerprint density at radius 1 is 1.37 bits per heavy atom. The number of nitrogens with two attached hydrogens (primary N) is 1. The quantitative estimate of drug-likeness (QED) is 0.884. The van der Waals surface area contributed by atoms with Gasteiger partial charge in [0.15, 0.2) is 0 Å². The fourth-order valence-electron chi connectivity index (χ4n) is 2.09. The molecule has 0 saturated carbocycles. The van der Waals surface area contributed by atoms with Gasteiger partial charge in [-0.2, -0.15) is 0 Å². The summed E-state index contributed by atoms with van der Waals surface area (Å²) < 4.78 is 1.09. The molecular weight excluding hydrogens is 320 g/mol. The second kappa shape index (κ2) is 6.55. The summed E-state index contributed by atoms with van der Waals surface area (Å²) in [4.78, 5) is 3.70. The van der Waals surface area contributed by atoms with E-state index in [0.29, 0.717) is 0 Å². The normalized spacial score (nSPS) is 12.4. The topological polar surface area (TPSA) is 29.3 Å². The fraction of sp³-hybridized carbons (Fsp3) is 0.333. The number of anilines is 1. The molecule has 19 heavy (non-hydrogen) atoms. The van der Waals surface area contributed by atoms with Crippen LogP contribution in [-0.2, 0) is 6.42 Å². The molecule has 2 N–H and O–H groups in total. The highest BCUT2D eigenvalue weighted by Gasteiger charge is 2.11. The lowest BCUT2D eigenvalue weighted by Crippen LogP contribution is -2.23. The van der Waals surface area contributed by atoms with Gasteiger partial charge in [-0.05, 0) is 42.5 Å². The Balaban J connectivity index is 2.13. The Bertz CT molecular complexity index is 523. The van der Waals surface area contributed by atoms with Gasteiger partial charge in [0.2, 0.25) is 0 Å². The molecule has 2 aromatic rings. The molecular formula is C15H19BrN2S. The van der Waals surface area contributed by atoms with Gasteiger partial charge in [-0.1, -0.05) is 28.1 Å². The smallest absolute Gasteiger partial charge is 0.0423 e. The van der Waals surface area contributed by atoms with Crippen LogP contribution >= 0.6 is 27.3 Å². The van der Waals surface area contributed by atoms with Gasteiger partial charge in [-0.25, -0.2) is 0 Å². The molecule has 0 spiro atoms. The average Bonchev–Trinajstić information content (AvgIpc) is 2.88. The van der Waals surface area contributed by atoms with Crippen LogP contribution in [0, 0.1) is 0 Å². The molecule has 0 radical (unpaired) electrons. The number of hydrogen-bond acceptors (Lipinski definition) is 3. The zero-order valence-corrected chi connectivity index (χ0v) is 13.7. The predicted octanol–water partition coefficient (Wildman–Crippen LogP) is 4.21. The number of benzene rings is 1. The highest BCUT2D eigenvalue weighted by Crippen LogP contribution is 2.28. The van der Waals surface area contributed by atoms with Crippen molar-refractivity contribution in [2.75, 3.05) is 18.5 Å². The molecule has 1 unspecified atom stereocenters. The van der Waals surface area contributed by atoms with Crippen LogP contribution in [0.4, 0.5) is 5.69 Å². The SMILES string of the molecule is CC(N)c1ccc(Br)cc1N(C)CCc1cccs1. The van der Waals surface area contributed by atoms with Crippen LogP contribution in [0.1, 0.15) is 23.4 Å². The monoisotopic (exact) mass is 338 g/mol. The summed E-state index contributed by atoms with van der Waals surface area (Å²) in [6, 6.07) is 10.6. The van der Waals surface area contributed by atoms with Crippen LogP contribution in [0.15, 0.2) is 40.2 Å². The summed E-state index contributed by atoms with van der Waals surface area (Å²) >= 11 is 5.35. The third-order valence-corrected chi connectivity index (χ3v) is 4.60. The first-order chi connectivity index (χ1) is 9.08. The molecule has 0 aliphatic rings. The molecule has 0 amide bonds. The Hall–Kier alpha value is -0.840. The maximum absolute atomic E-state index is 6.05. The van der Waals surface area contributed by atoms with Gasteiger partial charge in [0.05, 0.1) is 0 Å². The molecule has 1 heterocycles. The molecule has 0 saturated heterocycles. The Morgan fingerprint density at radius 3 is 2.79 bits per heavy atom. The highest BCUT2D eigenvalue weighted by molar-refractivity contribution is 9.10. The van der Waals surface area contributed by atoms with Crippen molar-refractivity contribution in [2.24, 2.45) is 5.73 Å². The number of hydrogen-bond donors (Lipinski definition) is 1. The maximum atomic E-state index is 6.05. The molecule has 2 nitrogen and oxygen atoms in total. The van der Waals surface area contributed by atoms with E-state index in [1.54, 1.807) is 0 Å². The van der Waals surface area contributed by atoms with Crippen molar-refractivity contribution >= 4 is 33.0 Å². The lowest BCUT2D eigenvalue weighted by atomic mass is 10.1. The number of halogens is 1. The van der Waals surface area contributed by atoms with Crippen LogP contribution in [0.5, 0.6) is 0 Å². The zero-order valence-electron chi connectivity index (χ0n) is 11.3. The van der Waals surface area contributed by atoms with Crippen molar-refractivity contribution in [1.29, 1.82) is 0 Å². The third-order valence-electron chi connectivity index (χ3n) is 3.17. The summed E-state index contributed by atoms with van der Waals surface area (Å²) in [6.07, 6.45) is 1.07. The van der Waals surface area contributed by atoms with E-state index >= 15 is 0 Å². The van der Waals surface area contributed by atoms with Gasteiger partial charge in [-0.3, -0.25) is 0 Å². The van der Waals surface area contributed by atoms with Crippen LogP contribution in [0.2, 0.25) is 0 Å². The Kier molecular flexibility index (Phi) is 5.02. The number of nitrogens with zero attached hydrogens (tertiary/aromatic N) is 1. The van der Waals surface area contributed by atoms with Gasteiger partial charge in [-0.15, -0.1) is 11.3 Å². The van der Waals surface area contributed by atoms with Crippen LogP contribution in [0.25, 0.3) is 0 Å². The van der Waals surface area contributed by atoms with Crippen molar-refractivity contribution in [3.05, 3.63) is 50.6 Å². The van der Waals surface area contributed by atoms with Gasteiger partial charge in [0.1, 0.15) is 0 Å². The van der Waals surface area contributed by atoms with E-state index in [9.17, 15) is 0 Å². The van der Waals surface area contributed by atoms with Gasteiger partial charge < -0.3 is 10.6 Å². The maximum Gasteiger partial charge on any atom is 0.0423 e. The summed E-state index contributed by atoms with van der Waals surface area (Å²) in [7, 11) is 2.13. The zero-order chi connectivity index (χ0) is 13.8. The Morgan fingerprint density at radius 2 is 2.16 bits per heavy atom. The number of thiophene rings is 1. The van der Waals surface area contributed by atoms with E-state index in [0.717, 1.165) is 17.4 Å². The molecule has 0 aliphatic heterocycles. The standard InChI is InChI=1S/C15H19BrN2S/c1-11(17)14-6-5-12(16)10-15(14)18(2)8-7-13-4-3-9-19-13/h3-6,9-11H,7-8,17H2,1-2H3. The molecule has 0 bridgehead atoms. The van der Waals surface area contributed by atoms with E-state index in [1.807, 2.05) is 18.3 Å². The van der Waals surface area contributed by atoms with Crippen molar-refractivity contribution in [1.82, 2.24) is 0 Å². The summed E-state index contributed by atoms with van der Waals surface area (Å²) in [5.74, 6) is 0. The Labute approximate surface area is 127 Å². The molecule has 1 atom stereocenters. The largest absolute Gasteiger partial charge is 0.374 e. The lowest BCUT2D eigenvalue weighted by Gasteiger charge is -2.24. The number of rotatable bonds is 5. The van der Waals surface area contributed by atoms with E-state index in [-0.39, 0.29) is 6.04 Å². The minimum absolute atomic E-state index is 0.0484. The molecule has 2 rings (SSSR count). The second-order valence-corrected chi connectivity index (χ2v) is 6.69. The van der Waals surface area contributed by atoms with Crippen molar-refractivity contribution < 1.29 is 0 Å². The summed E-state index contributed by atoms with van der Waals surface area (Å²) in [6.45, 7) is 3.02. The van der Waals surface area contributed by atoms with Crippen LogP contribution < -0.4 is 10.6 Å². The first-order valence-corrected chi connectivity index (χ1v) is 8.03. The highest BCUT2D eigenvalue weighted by atomic mass is 79.9. The van der Waals surface area contributed by atoms with Gasteiger partial charge >= 0.3 is 0 Å². The average molecular weight is 339 g/mol. The number of likely N-dealkylation sites (N-methyl/N-ethyl adjacent to an activating group) is 1. The predicted molar refractivity (Wildman–Crippen MR) is 88.0 cm³/mol. The van der Waals surface area contributed by atoms with Crippen LogP contribution in [-0.4, -0.2) is 13.6 Å². The minimum atomic E-state index is 0.0484. The first kappa shape index (κ1) is 14.6. The van der Waals surface area contributed by atoms with Crippen molar-refractivity contribution in [3.63, 3.8) is 0 Å². The van der Waals surface area contributed by atoms with Gasteiger partial charge in [0.25, 0.3) is 0 Å². The molecule has 102 valence electrons. The molecule has 1 aromatic heterocycles. The fourth-order valence-corrected chi connectivity index (χ4v) is 3.13. The van der Waals surface area contributed by atoms with E-state index in [2.05, 4.69) is 63.6 Å². The lowest BCUT2D eigenvalue weighted by molar-refractivity contribution is 0.798. The van der Waals surface area contributed by atoms with E-state index in [4.69, 9.17) is 5.73 Å². The van der Waals surface area contributed by atoms with Crippen molar-refractivity contribution in [3.8, 4) is 0 Å². The van der Waals surface area contributed by atoms with E-state index < -0.39 is 0 Å².